The van der Waals surface area contributed by atoms with Gasteiger partial charge in [0.25, 0.3) is 0 Å². The zero-order valence-electron chi connectivity index (χ0n) is 16.0. The van der Waals surface area contributed by atoms with Gasteiger partial charge in [0.05, 0.1) is 5.60 Å². The van der Waals surface area contributed by atoms with Crippen LogP contribution in [0, 0.1) is 11.8 Å². The minimum Gasteiger partial charge on any atom is -0.375 e. The fraction of sp³-hybridized carbons (Fsp3) is 0.900. The van der Waals surface area contributed by atoms with E-state index in [9.17, 15) is 9.59 Å². The van der Waals surface area contributed by atoms with E-state index in [1.165, 1.54) is 0 Å². The van der Waals surface area contributed by atoms with Gasteiger partial charge in [-0.15, -0.1) is 0 Å². The molecule has 3 saturated heterocycles. The highest BCUT2D eigenvalue weighted by atomic mass is 16.5. The lowest BCUT2D eigenvalue weighted by Gasteiger charge is -2.46. The molecular formula is C20H34N2O3. The predicted octanol–water partition coefficient (Wildman–Crippen LogP) is 2.83. The van der Waals surface area contributed by atoms with Crippen LogP contribution >= 0.6 is 0 Å². The Morgan fingerprint density at radius 3 is 2.32 bits per heavy atom. The Labute approximate surface area is 152 Å². The molecule has 2 amide bonds. The second-order valence-corrected chi connectivity index (χ2v) is 8.66. The van der Waals surface area contributed by atoms with Gasteiger partial charge in [0.2, 0.25) is 11.8 Å². The van der Waals surface area contributed by atoms with Gasteiger partial charge in [0.15, 0.2) is 0 Å². The summed E-state index contributed by atoms with van der Waals surface area (Å²) in [4.78, 5) is 28.8. The molecule has 0 aromatic carbocycles. The number of amides is 2. The van der Waals surface area contributed by atoms with Crippen LogP contribution in [-0.4, -0.2) is 60.0 Å². The molecular weight excluding hydrogens is 316 g/mol. The molecule has 1 atom stereocenters. The van der Waals surface area contributed by atoms with Crippen LogP contribution in [0.2, 0.25) is 0 Å². The van der Waals surface area contributed by atoms with Crippen molar-refractivity contribution in [3.05, 3.63) is 0 Å². The monoisotopic (exact) mass is 350 g/mol. The first-order chi connectivity index (χ1) is 12.0. The van der Waals surface area contributed by atoms with Crippen LogP contribution in [0.5, 0.6) is 0 Å². The molecule has 0 aliphatic carbocycles. The second-order valence-electron chi connectivity index (χ2n) is 8.66. The number of rotatable bonds is 4. The Morgan fingerprint density at radius 2 is 1.68 bits per heavy atom. The third kappa shape index (κ3) is 4.75. The maximum atomic E-state index is 12.5. The average molecular weight is 351 g/mol. The zero-order valence-corrected chi connectivity index (χ0v) is 16.0. The van der Waals surface area contributed by atoms with Crippen molar-refractivity contribution in [1.82, 2.24) is 9.80 Å². The lowest BCUT2D eigenvalue weighted by molar-refractivity contribution is -0.150. The van der Waals surface area contributed by atoms with Crippen molar-refractivity contribution in [2.24, 2.45) is 11.8 Å². The molecule has 0 N–H and O–H groups in total. The first-order valence-electron chi connectivity index (χ1n) is 10.2. The molecule has 142 valence electrons. The van der Waals surface area contributed by atoms with Gasteiger partial charge in [-0.3, -0.25) is 9.59 Å². The van der Waals surface area contributed by atoms with Crippen molar-refractivity contribution in [3.63, 3.8) is 0 Å². The molecule has 0 bridgehead atoms. The van der Waals surface area contributed by atoms with E-state index >= 15 is 0 Å². The summed E-state index contributed by atoms with van der Waals surface area (Å²) in [5.74, 6) is 1.47. The third-order valence-electron chi connectivity index (χ3n) is 6.13. The number of carbonyl (C=O) groups excluding carboxylic acids is 2. The summed E-state index contributed by atoms with van der Waals surface area (Å²) in [5, 5.41) is 0. The Hall–Kier alpha value is -1.10. The van der Waals surface area contributed by atoms with Crippen molar-refractivity contribution in [2.45, 2.75) is 70.8 Å². The lowest BCUT2D eigenvalue weighted by atomic mass is 9.78. The first-order valence-corrected chi connectivity index (χ1v) is 10.2. The number of carbonyl (C=O) groups is 2. The van der Waals surface area contributed by atoms with Crippen LogP contribution in [0.3, 0.4) is 0 Å². The molecule has 3 aliphatic rings. The maximum Gasteiger partial charge on any atom is 0.222 e. The van der Waals surface area contributed by atoms with E-state index in [4.69, 9.17) is 4.74 Å². The summed E-state index contributed by atoms with van der Waals surface area (Å²) in [7, 11) is 0. The van der Waals surface area contributed by atoms with Crippen LogP contribution in [0.4, 0.5) is 0 Å². The van der Waals surface area contributed by atoms with Crippen molar-refractivity contribution in [3.8, 4) is 0 Å². The molecule has 1 spiro atoms. The van der Waals surface area contributed by atoms with E-state index in [2.05, 4.69) is 13.8 Å². The Bertz CT molecular complexity index is 477. The number of likely N-dealkylation sites (tertiary alicyclic amines) is 2. The molecule has 1 unspecified atom stereocenters. The average Bonchev–Trinajstić information content (AvgIpc) is 3.09. The van der Waals surface area contributed by atoms with E-state index in [-0.39, 0.29) is 11.5 Å². The van der Waals surface area contributed by atoms with Crippen LogP contribution in [0.1, 0.15) is 65.2 Å². The zero-order chi connectivity index (χ0) is 17.9. The van der Waals surface area contributed by atoms with E-state index in [1.807, 2.05) is 9.80 Å². The van der Waals surface area contributed by atoms with Crippen molar-refractivity contribution < 1.29 is 14.3 Å². The van der Waals surface area contributed by atoms with Gasteiger partial charge in [-0.25, -0.2) is 0 Å². The number of hydrogen-bond donors (Lipinski definition) is 0. The lowest BCUT2D eigenvalue weighted by Crippen LogP contribution is -2.51. The van der Waals surface area contributed by atoms with Crippen LogP contribution in [-0.2, 0) is 14.3 Å². The number of nitrogens with zero attached hydrogens (tertiary/aromatic N) is 2. The summed E-state index contributed by atoms with van der Waals surface area (Å²) >= 11 is 0. The summed E-state index contributed by atoms with van der Waals surface area (Å²) in [6, 6.07) is 0. The molecule has 3 fully saturated rings. The standard InChI is InChI=1S/C20H34N2O3/c1-16(2)13-18(23)22-10-6-20(7-11-22)15-17(5-12-25-20)14-19(24)21-8-3-4-9-21/h16-17H,3-15H2,1-2H3. The third-order valence-corrected chi connectivity index (χ3v) is 6.13. The molecule has 5 nitrogen and oxygen atoms in total. The largest absolute Gasteiger partial charge is 0.375 e. The highest BCUT2D eigenvalue weighted by molar-refractivity contribution is 5.77. The summed E-state index contributed by atoms with van der Waals surface area (Å²) in [5.41, 5.74) is -0.0944. The highest BCUT2D eigenvalue weighted by Gasteiger charge is 2.41. The Kier molecular flexibility index (Phi) is 6.03. The first kappa shape index (κ1) is 18.7. The van der Waals surface area contributed by atoms with E-state index in [0.29, 0.717) is 30.6 Å². The quantitative estimate of drug-likeness (QED) is 0.783. The smallest absolute Gasteiger partial charge is 0.222 e. The minimum absolute atomic E-state index is 0.0944. The molecule has 3 aliphatic heterocycles. The summed E-state index contributed by atoms with van der Waals surface area (Å²) in [6.45, 7) is 8.44. The van der Waals surface area contributed by atoms with Crippen molar-refractivity contribution in [1.29, 1.82) is 0 Å². The van der Waals surface area contributed by atoms with Crippen molar-refractivity contribution in [2.75, 3.05) is 32.8 Å². The fourth-order valence-corrected chi connectivity index (χ4v) is 4.64. The SMILES string of the molecule is CC(C)CC(=O)N1CCC2(CC1)CC(CC(=O)N1CCCC1)CCO2. The number of hydrogen-bond acceptors (Lipinski definition) is 3. The molecule has 0 radical (unpaired) electrons. The van der Waals surface area contributed by atoms with Gasteiger partial charge >= 0.3 is 0 Å². The van der Waals surface area contributed by atoms with Gasteiger partial charge in [0, 0.05) is 45.6 Å². The van der Waals surface area contributed by atoms with Crippen LogP contribution in [0.15, 0.2) is 0 Å². The second kappa shape index (κ2) is 8.07. The Morgan fingerprint density at radius 1 is 1.04 bits per heavy atom. The van der Waals surface area contributed by atoms with Crippen LogP contribution in [0.25, 0.3) is 0 Å². The summed E-state index contributed by atoms with van der Waals surface area (Å²) < 4.78 is 6.19. The number of piperidine rings is 1. The Balaban J connectivity index is 1.49. The van der Waals surface area contributed by atoms with Gasteiger partial charge in [-0.1, -0.05) is 13.8 Å². The van der Waals surface area contributed by atoms with E-state index < -0.39 is 0 Å². The minimum atomic E-state index is -0.0944. The van der Waals surface area contributed by atoms with Crippen LogP contribution < -0.4 is 0 Å². The van der Waals surface area contributed by atoms with E-state index in [1.54, 1.807) is 0 Å². The predicted molar refractivity (Wildman–Crippen MR) is 97.1 cm³/mol. The molecule has 0 aromatic rings. The highest BCUT2D eigenvalue weighted by Crippen LogP contribution is 2.39. The molecule has 25 heavy (non-hydrogen) atoms. The molecule has 3 rings (SSSR count). The topological polar surface area (TPSA) is 49.9 Å². The molecule has 0 aromatic heterocycles. The van der Waals surface area contributed by atoms with Gasteiger partial charge < -0.3 is 14.5 Å². The molecule has 3 heterocycles. The van der Waals surface area contributed by atoms with Gasteiger partial charge in [-0.2, -0.15) is 0 Å². The number of ether oxygens (including phenoxy) is 1. The summed E-state index contributed by atoms with van der Waals surface area (Å²) in [6.07, 6.45) is 7.46. The van der Waals surface area contributed by atoms with Gasteiger partial charge in [-0.05, 0) is 50.4 Å². The molecule has 0 saturated carbocycles. The van der Waals surface area contributed by atoms with E-state index in [0.717, 1.165) is 71.3 Å². The maximum absolute atomic E-state index is 12.5. The fourth-order valence-electron chi connectivity index (χ4n) is 4.64. The molecule has 5 heteroatoms. The normalized spacial score (nSPS) is 26.4. The van der Waals surface area contributed by atoms with Gasteiger partial charge in [0.1, 0.15) is 0 Å². The van der Waals surface area contributed by atoms with Crippen molar-refractivity contribution >= 4 is 11.8 Å².